The molecule has 1 N–H and O–H groups in total. The van der Waals surface area contributed by atoms with Gasteiger partial charge in [0.05, 0.1) is 38.5 Å². The van der Waals surface area contributed by atoms with Gasteiger partial charge in [-0.3, -0.25) is 9.59 Å². The van der Waals surface area contributed by atoms with Crippen LogP contribution in [0.15, 0.2) is 42.0 Å². The maximum absolute atomic E-state index is 14.0. The number of benzene rings is 2. The quantitative estimate of drug-likeness (QED) is 0.370. The van der Waals surface area contributed by atoms with Gasteiger partial charge in [0, 0.05) is 18.7 Å². The number of aliphatic hydroxyl groups excluding tert-OH is 1. The van der Waals surface area contributed by atoms with E-state index in [2.05, 4.69) is 0 Å². The molecule has 0 radical (unpaired) electrons. The monoisotopic (exact) mass is 458 g/mol. The fourth-order valence-electron chi connectivity index (χ4n) is 3.81. The Labute approximate surface area is 191 Å². The number of amides is 1. The van der Waals surface area contributed by atoms with Crippen LogP contribution in [0.5, 0.6) is 17.2 Å². The van der Waals surface area contributed by atoms with E-state index in [0.29, 0.717) is 23.6 Å². The van der Waals surface area contributed by atoms with Crippen LogP contribution in [0.25, 0.3) is 5.76 Å². The third kappa shape index (κ3) is 4.63. The number of aliphatic hydroxyl groups is 1. The van der Waals surface area contributed by atoms with Gasteiger partial charge >= 0.3 is 0 Å². The van der Waals surface area contributed by atoms with E-state index in [1.165, 1.54) is 38.4 Å². The lowest BCUT2D eigenvalue weighted by molar-refractivity contribution is -0.140. The molecule has 3 rings (SSSR count). The Kier molecular flexibility index (Phi) is 7.23. The molecule has 1 heterocycles. The predicted octanol–water partition coefficient (Wildman–Crippen LogP) is 2.83. The molecule has 0 aromatic heterocycles. The van der Waals surface area contributed by atoms with E-state index in [1.807, 2.05) is 19.0 Å². The maximum atomic E-state index is 14.0. The number of hydrogen-bond acceptors (Lipinski definition) is 7. The summed E-state index contributed by atoms with van der Waals surface area (Å²) in [5.41, 5.74) is 0.232. The van der Waals surface area contributed by atoms with Gasteiger partial charge in [0.25, 0.3) is 11.7 Å². The summed E-state index contributed by atoms with van der Waals surface area (Å²) in [6.45, 7) is 0.679. The van der Waals surface area contributed by atoms with E-state index < -0.39 is 29.3 Å². The first-order valence-electron chi connectivity index (χ1n) is 10.2. The molecule has 0 aliphatic carbocycles. The Hall–Kier alpha value is -3.59. The molecule has 0 spiro atoms. The van der Waals surface area contributed by atoms with E-state index >= 15 is 0 Å². The molecule has 1 aliphatic rings. The normalized spacial score (nSPS) is 17.5. The fraction of sp³-hybridized carbons (Fsp3) is 0.333. The molecule has 9 heteroatoms. The summed E-state index contributed by atoms with van der Waals surface area (Å²) in [7, 11) is 8.01. The number of halogens is 1. The molecule has 33 heavy (non-hydrogen) atoms. The number of carbonyl (C=O) groups is 2. The lowest BCUT2D eigenvalue weighted by Crippen LogP contribution is -2.35. The fourth-order valence-corrected chi connectivity index (χ4v) is 3.81. The molecule has 0 unspecified atom stereocenters. The van der Waals surface area contributed by atoms with Gasteiger partial charge in [-0.25, -0.2) is 4.39 Å². The van der Waals surface area contributed by atoms with Crippen molar-refractivity contribution >= 4 is 17.4 Å². The number of likely N-dealkylation sites (tertiary alicyclic amines) is 1. The largest absolute Gasteiger partial charge is 0.507 e. The standard InChI is InChI=1S/C24H27FN2O6/c1-26(2)10-11-27-21(16-13-15(31-3)7-9-18(16)32-4)20(23(29)24(27)30)22(28)17-12-14(25)6-8-19(17)33-5/h6-9,12-13,21,28H,10-11H2,1-5H3/t21-/m1/s1. The molecule has 2 aromatic carbocycles. The van der Waals surface area contributed by atoms with E-state index in [-0.39, 0.29) is 23.4 Å². The van der Waals surface area contributed by atoms with Crippen molar-refractivity contribution in [3.8, 4) is 17.2 Å². The SMILES string of the molecule is COc1ccc(OC)c([C@@H]2C(=C(O)c3cc(F)ccc3OC)C(=O)C(=O)N2CCN(C)C)c1. The molecule has 2 aromatic rings. The van der Waals surface area contributed by atoms with Gasteiger partial charge in [-0.05, 0) is 50.5 Å². The van der Waals surface area contributed by atoms with Gasteiger partial charge in [0.1, 0.15) is 28.8 Å². The first-order valence-corrected chi connectivity index (χ1v) is 10.2. The number of rotatable bonds is 8. The molecule has 8 nitrogen and oxygen atoms in total. The van der Waals surface area contributed by atoms with Crippen molar-refractivity contribution in [1.82, 2.24) is 9.80 Å². The molecule has 0 saturated carbocycles. The highest BCUT2D eigenvalue weighted by Crippen LogP contribution is 2.44. The van der Waals surface area contributed by atoms with Crippen molar-refractivity contribution in [3.05, 3.63) is 58.9 Å². The number of hydrogen-bond donors (Lipinski definition) is 1. The second kappa shape index (κ2) is 9.91. The Morgan fingerprint density at radius 2 is 1.70 bits per heavy atom. The van der Waals surface area contributed by atoms with Gasteiger partial charge in [-0.1, -0.05) is 0 Å². The van der Waals surface area contributed by atoms with Crippen molar-refractivity contribution in [2.24, 2.45) is 0 Å². The number of methoxy groups -OCH3 is 3. The molecule has 1 fully saturated rings. The summed E-state index contributed by atoms with van der Waals surface area (Å²) in [5, 5.41) is 11.2. The molecule has 1 atom stereocenters. The summed E-state index contributed by atoms with van der Waals surface area (Å²) in [6, 6.07) is 7.58. The van der Waals surface area contributed by atoms with Gasteiger partial charge in [-0.2, -0.15) is 0 Å². The summed E-state index contributed by atoms with van der Waals surface area (Å²) in [5.74, 6) is -1.79. The molecular weight excluding hydrogens is 431 g/mol. The summed E-state index contributed by atoms with van der Waals surface area (Å²) in [6.07, 6.45) is 0. The maximum Gasteiger partial charge on any atom is 0.295 e. The second-order valence-electron chi connectivity index (χ2n) is 7.75. The third-order valence-corrected chi connectivity index (χ3v) is 5.48. The van der Waals surface area contributed by atoms with Crippen LogP contribution in [0, 0.1) is 5.82 Å². The van der Waals surface area contributed by atoms with Crippen LogP contribution >= 0.6 is 0 Å². The van der Waals surface area contributed by atoms with Crippen LogP contribution in [-0.2, 0) is 9.59 Å². The molecule has 1 amide bonds. The van der Waals surface area contributed by atoms with E-state index in [4.69, 9.17) is 14.2 Å². The van der Waals surface area contributed by atoms with Crippen molar-refractivity contribution in [3.63, 3.8) is 0 Å². The van der Waals surface area contributed by atoms with E-state index in [9.17, 15) is 19.1 Å². The minimum absolute atomic E-state index is 0.0324. The van der Waals surface area contributed by atoms with Crippen LogP contribution in [0.1, 0.15) is 17.2 Å². The zero-order valence-corrected chi connectivity index (χ0v) is 19.2. The lowest BCUT2D eigenvalue weighted by Gasteiger charge is -2.28. The van der Waals surface area contributed by atoms with Gasteiger partial charge < -0.3 is 29.1 Å². The van der Waals surface area contributed by atoms with Crippen LogP contribution in [0.2, 0.25) is 0 Å². The highest BCUT2D eigenvalue weighted by molar-refractivity contribution is 6.46. The number of ketones is 1. The Bertz CT molecular complexity index is 1100. The summed E-state index contributed by atoms with van der Waals surface area (Å²) >= 11 is 0. The second-order valence-corrected chi connectivity index (χ2v) is 7.75. The molecule has 176 valence electrons. The first kappa shape index (κ1) is 24.1. The van der Waals surface area contributed by atoms with Gasteiger partial charge in [-0.15, -0.1) is 0 Å². The molecular formula is C24H27FN2O6. The summed E-state index contributed by atoms with van der Waals surface area (Å²) < 4.78 is 30.1. The first-order chi connectivity index (χ1) is 15.7. The lowest BCUT2D eigenvalue weighted by atomic mass is 9.94. The number of nitrogens with zero attached hydrogens (tertiary/aromatic N) is 2. The smallest absolute Gasteiger partial charge is 0.295 e. The Balaban J connectivity index is 2.30. The zero-order valence-electron chi connectivity index (χ0n) is 19.2. The van der Waals surface area contributed by atoms with E-state index in [0.717, 1.165) is 6.07 Å². The number of ether oxygens (including phenoxy) is 3. The Morgan fingerprint density at radius 1 is 1.03 bits per heavy atom. The minimum atomic E-state index is -0.983. The van der Waals surface area contributed by atoms with Crippen LogP contribution < -0.4 is 14.2 Å². The average Bonchev–Trinajstić information content (AvgIpc) is 3.06. The molecule has 0 bridgehead atoms. The molecule has 1 aliphatic heterocycles. The van der Waals surface area contributed by atoms with Crippen molar-refractivity contribution in [1.29, 1.82) is 0 Å². The van der Waals surface area contributed by atoms with E-state index in [1.54, 1.807) is 18.2 Å². The average molecular weight is 458 g/mol. The van der Waals surface area contributed by atoms with Crippen molar-refractivity contribution in [2.75, 3.05) is 48.5 Å². The van der Waals surface area contributed by atoms with Gasteiger partial charge in [0.2, 0.25) is 0 Å². The van der Waals surface area contributed by atoms with Gasteiger partial charge in [0.15, 0.2) is 0 Å². The van der Waals surface area contributed by atoms with Crippen molar-refractivity contribution < 1.29 is 33.3 Å². The third-order valence-electron chi connectivity index (χ3n) is 5.48. The minimum Gasteiger partial charge on any atom is -0.507 e. The Morgan fingerprint density at radius 3 is 2.30 bits per heavy atom. The highest BCUT2D eigenvalue weighted by Gasteiger charge is 2.47. The molecule has 1 saturated heterocycles. The number of likely N-dealkylation sites (N-methyl/N-ethyl adjacent to an activating group) is 1. The topological polar surface area (TPSA) is 88.5 Å². The number of carbonyl (C=O) groups excluding carboxylic acids is 2. The van der Waals surface area contributed by atoms with Crippen LogP contribution in [0.3, 0.4) is 0 Å². The zero-order chi connectivity index (χ0) is 24.3. The van der Waals surface area contributed by atoms with Crippen LogP contribution in [0.4, 0.5) is 4.39 Å². The predicted molar refractivity (Wildman–Crippen MR) is 120 cm³/mol. The van der Waals surface area contributed by atoms with Crippen LogP contribution in [-0.4, -0.2) is 75.1 Å². The highest BCUT2D eigenvalue weighted by atomic mass is 19.1. The summed E-state index contributed by atoms with van der Waals surface area (Å²) in [4.78, 5) is 29.5. The number of Topliss-reactive ketones (excluding diaryl/α,β-unsaturated/α-hetero) is 1. The van der Waals surface area contributed by atoms with Crippen molar-refractivity contribution in [2.45, 2.75) is 6.04 Å².